The summed E-state index contributed by atoms with van der Waals surface area (Å²) in [5, 5.41) is 5.41. The summed E-state index contributed by atoms with van der Waals surface area (Å²) in [5.41, 5.74) is 4.94. The lowest BCUT2D eigenvalue weighted by Gasteiger charge is -2.10. The number of aryl methyl sites for hydroxylation is 1. The van der Waals surface area contributed by atoms with Gasteiger partial charge in [-0.2, -0.15) is 0 Å². The van der Waals surface area contributed by atoms with Crippen molar-refractivity contribution in [3.05, 3.63) is 88.8 Å². The Morgan fingerprint density at radius 2 is 2.00 bits per heavy atom. The Morgan fingerprint density at radius 1 is 1.13 bits per heavy atom. The number of nitrogens with zero attached hydrogens (tertiary/aromatic N) is 3. The summed E-state index contributed by atoms with van der Waals surface area (Å²) in [6.07, 6.45) is 3.70. The Bertz CT molecular complexity index is 1850. The SMILES string of the molecule is Cn1ccc2c(-c3ccc4cnc(CNC(=O)c5ccc6c(c5)S(=O)(=O)CCOC6)cc4n3)ccc(Cl)c21. The highest BCUT2D eigenvalue weighted by Gasteiger charge is 2.23. The van der Waals surface area contributed by atoms with Gasteiger partial charge in [-0.15, -0.1) is 0 Å². The number of ether oxygens (including phenoxy) is 1. The summed E-state index contributed by atoms with van der Waals surface area (Å²) < 4.78 is 32.5. The lowest BCUT2D eigenvalue weighted by atomic mass is 10.1. The van der Waals surface area contributed by atoms with E-state index < -0.39 is 9.84 Å². The van der Waals surface area contributed by atoms with Gasteiger partial charge >= 0.3 is 0 Å². The smallest absolute Gasteiger partial charge is 0.251 e. The minimum absolute atomic E-state index is 0.104. The minimum atomic E-state index is -3.50. The summed E-state index contributed by atoms with van der Waals surface area (Å²) in [6.45, 7) is 0.506. The van der Waals surface area contributed by atoms with Crippen LogP contribution in [-0.4, -0.2) is 41.2 Å². The van der Waals surface area contributed by atoms with Gasteiger partial charge in [0.1, 0.15) is 0 Å². The second-order valence-electron chi connectivity index (χ2n) is 9.23. The minimum Gasteiger partial charge on any atom is -0.376 e. The number of hydrogen-bond donors (Lipinski definition) is 1. The van der Waals surface area contributed by atoms with Crippen molar-refractivity contribution in [2.24, 2.45) is 7.05 Å². The van der Waals surface area contributed by atoms with Gasteiger partial charge in [-0.1, -0.05) is 23.7 Å². The number of sulfone groups is 1. The van der Waals surface area contributed by atoms with Crippen LogP contribution in [0, 0.1) is 0 Å². The first-order valence-corrected chi connectivity index (χ1v) is 14.0. The van der Waals surface area contributed by atoms with Crippen LogP contribution in [0.15, 0.2) is 71.9 Å². The molecule has 0 atom stereocenters. The highest BCUT2D eigenvalue weighted by Crippen LogP contribution is 2.33. The molecule has 192 valence electrons. The van der Waals surface area contributed by atoms with Crippen molar-refractivity contribution in [2.75, 3.05) is 12.4 Å². The molecular formula is C28H23ClN4O4S. The number of benzene rings is 2. The molecule has 2 aromatic carbocycles. The molecule has 0 saturated carbocycles. The fourth-order valence-electron chi connectivity index (χ4n) is 4.74. The number of carbonyl (C=O) groups excluding carboxylic acids is 1. The van der Waals surface area contributed by atoms with Crippen molar-refractivity contribution in [2.45, 2.75) is 18.0 Å². The Labute approximate surface area is 224 Å². The average molecular weight is 547 g/mol. The molecule has 0 saturated heterocycles. The molecule has 0 spiro atoms. The Kier molecular flexibility index (Phi) is 6.14. The van der Waals surface area contributed by atoms with E-state index >= 15 is 0 Å². The zero-order valence-electron chi connectivity index (χ0n) is 20.4. The van der Waals surface area contributed by atoms with E-state index in [1.165, 1.54) is 6.07 Å². The van der Waals surface area contributed by atoms with E-state index in [1.807, 2.05) is 54.2 Å². The monoisotopic (exact) mass is 546 g/mol. The van der Waals surface area contributed by atoms with Crippen LogP contribution < -0.4 is 5.32 Å². The van der Waals surface area contributed by atoms with Gasteiger partial charge in [0.2, 0.25) is 0 Å². The van der Waals surface area contributed by atoms with Crippen molar-refractivity contribution in [3.63, 3.8) is 0 Å². The molecule has 8 nitrogen and oxygen atoms in total. The molecule has 0 bridgehead atoms. The second kappa shape index (κ2) is 9.50. The number of nitrogens with one attached hydrogen (secondary N) is 1. The van der Waals surface area contributed by atoms with Gasteiger partial charge in [0.25, 0.3) is 5.91 Å². The molecule has 5 aromatic rings. The summed E-state index contributed by atoms with van der Waals surface area (Å²) in [7, 11) is -1.55. The number of carbonyl (C=O) groups is 1. The number of amides is 1. The predicted octanol–water partition coefficient (Wildman–Crippen LogP) is 4.68. The number of rotatable bonds is 4. The second-order valence-corrected chi connectivity index (χ2v) is 11.7. The van der Waals surface area contributed by atoms with Gasteiger partial charge in [0.15, 0.2) is 9.84 Å². The summed E-state index contributed by atoms with van der Waals surface area (Å²) >= 11 is 6.42. The van der Waals surface area contributed by atoms with E-state index in [9.17, 15) is 13.2 Å². The van der Waals surface area contributed by atoms with Gasteiger partial charge in [-0.05, 0) is 48.0 Å². The van der Waals surface area contributed by atoms with E-state index in [4.69, 9.17) is 21.3 Å². The van der Waals surface area contributed by atoms with Gasteiger partial charge in [0.05, 0.1) is 57.9 Å². The Balaban J connectivity index is 1.26. The number of pyridine rings is 2. The Morgan fingerprint density at radius 3 is 2.87 bits per heavy atom. The molecule has 1 aliphatic heterocycles. The fourth-order valence-corrected chi connectivity index (χ4v) is 6.42. The van der Waals surface area contributed by atoms with E-state index in [0.29, 0.717) is 16.3 Å². The normalized spacial score (nSPS) is 14.8. The number of fused-ring (bicyclic) bond motifs is 3. The zero-order chi connectivity index (χ0) is 26.4. The van der Waals surface area contributed by atoms with E-state index in [0.717, 1.165) is 33.1 Å². The van der Waals surface area contributed by atoms with Crippen molar-refractivity contribution >= 4 is 49.2 Å². The molecule has 10 heteroatoms. The molecule has 1 amide bonds. The van der Waals surface area contributed by atoms with Crippen molar-refractivity contribution in [3.8, 4) is 11.3 Å². The molecule has 0 aliphatic carbocycles. The summed E-state index contributed by atoms with van der Waals surface area (Å²) in [4.78, 5) is 22.3. The van der Waals surface area contributed by atoms with E-state index in [-0.39, 0.29) is 41.9 Å². The molecule has 0 fully saturated rings. The largest absolute Gasteiger partial charge is 0.376 e. The first-order valence-electron chi connectivity index (χ1n) is 12.0. The summed E-state index contributed by atoms with van der Waals surface area (Å²) in [5.74, 6) is -0.489. The van der Waals surface area contributed by atoms with Crippen molar-refractivity contribution in [1.82, 2.24) is 19.9 Å². The molecule has 1 N–H and O–H groups in total. The van der Waals surface area contributed by atoms with Crippen LogP contribution in [0.4, 0.5) is 0 Å². The van der Waals surface area contributed by atoms with Crippen molar-refractivity contribution in [1.29, 1.82) is 0 Å². The maximum atomic E-state index is 12.9. The van der Waals surface area contributed by atoms with Gasteiger partial charge < -0.3 is 14.6 Å². The fraction of sp³-hybridized carbons (Fsp3) is 0.179. The maximum absolute atomic E-state index is 12.9. The first-order chi connectivity index (χ1) is 18.3. The molecule has 1 aliphatic rings. The van der Waals surface area contributed by atoms with E-state index in [1.54, 1.807) is 18.3 Å². The molecule has 3 aromatic heterocycles. The molecule has 38 heavy (non-hydrogen) atoms. The Hall–Kier alpha value is -3.79. The van der Waals surface area contributed by atoms with Crippen LogP contribution in [0.3, 0.4) is 0 Å². The van der Waals surface area contributed by atoms with Gasteiger partial charge in [-0.25, -0.2) is 13.4 Å². The van der Waals surface area contributed by atoms with E-state index in [2.05, 4.69) is 10.3 Å². The molecule has 6 rings (SSSR count). The molecular weight excluding hydrogens is 524 g/mol. The predicted molar refractivity (Wildman–Crippen MR) is 146 cm³/mol. The highest BCUT2D eigenvalue weighted by molar-refractivity contribution is 7.91. The van der Waals surface area contributed by atoms with Gasteiger partial charge in [0, 0.05) is 41.3 Å². The lowest BCUT2D eigenvalue weighted by Crippen LogP contribution is -2.23. The standard InChI is InChI=1S/C28H23ClN4O4S/c1-33-9-8-22-21(5-6-23(29)27(22)33)24-7-4-18-14-30-20(13-25(18)32-24)15-31-28(34)17-2-3-19-16-37-10-11-38(35,36)26(19)12-17/h2-9,12-14H,10-11,15-16H2,1H3,(H,31,34). The molecule has 0 unspecified atom stereocenters. The van der Waals surface area contributed by atoms with Crippen LogP contribution in [0.1, 0.15) is 21.6 Å². The van der Waals surface area contributed by atoms with Crippen molar-refractivity contribution < 1.29 is 17.9 Å². The third kappa shape index (κ3) is 4.42. The quantitative estimate of drug-likeness (QED) is 0.351. The maximum Gasteiger partial charge on any atom is 0.251 e. The third-order valence-electron chi connectivity index (χ3n) is 6.74. The van der Waals surface area contributed by atoms with Crippen LogP contribution in [0.25, 0.3) is 33.1 Å². The number of hydrogen-bond acceptors (Lipinski definition) is 6. The summed E-state index contributed by atoms with van der Waals surface area (Å²) in [6, 6.07) is 16.3. The number of halogens is 1. The van der Waals surface area contributed by atoms with Crippen LogP contribution >= 0.6 is 11.6 Å². The third-order valence-corrected chi connectivity index (χ3v) is 8.80. The molecule has 4 heterocycles. The number of aromatic nitrogens is 3. The van der Waals surface area contributed by atoms with Crippen LogP contribution in [0.2, 0.25) is 5.02 Å². The highest BCUT2D eigenvalue weighted by atomic mass is 35.5. The zero-order valence-corrected chi connectivity index (χ0v) is 22.0. The molecule has 0 radical (unpaired) electrons. The lowest BCUT2D eigenvalue weighted by molar-refractivity contribution is 0.0950. The topological polar surface area (TPSA) is 103 Å². The average Bonchev–Trinajstić information content (AvgIpc) is 3.24. The van der Waals surface area contributed by atoms with Gasteiger partial charge in [-0.3, -0.25) is 9.78 Å². The van der Waals surface area contributed by atoms with Crippen LogP contribution in [-0.2, 0) is 34.8 Å². The van der Waals surface area contributed by atoms with Crippen LogP contribution in [0.5, 0.6) is 0 Å². The first kappa shape index (κ1) is 24.5.